The molecule has 0 radical (unpaired) electrons. The summed E-state index contributed by atoms with van der Waals surface area (Å²) in [4.78, 5) is 0. The number of hydrogen-bond acceptors (Lipinski definition) is 4. The highest BCUT2D eigenvalue weighted by Crippen LogP contribution is 2.43. The van der Waals surface area contributed by atoms with E-state index in [0.717, 1.165) is 13.1 Å². The maximum absolute atomic E-state index is 12.5. The standard InChI is InChI=1S/C12H21N3O2S/c1-4-10(5-13)18(16,17)15-8-9-6-14-7-11(9)12(15,2)3/h9-11,14H,4,6-8H2,1-3H3. The molecule has 0 aromatic rings. The van der Waals surface area contributed by atoms with Crippen molar-refractivity contribution in [2.75, 3.05) is 19.6 Å². The SMILES string of the molecule is CCC(C#N)S(=O)(=O)N1CC2CNCC2C1(C)C. The second-order valence-electron chi connectivity index (χ2n) is 5.78. The number of nitrogens with zero attached hydrogens (tertiary/aromatic N) is 2. The first-order valence-electron chi connectivity index (χ1n) is 6.47. The highest BCUT2D eigenvalue weighted by atomic mass is 32.2. The summed E-state index contributed by atoms with van der Waals surface area (Å²) in [5.41, 5.74) is -0.392. The minimum absolute atomic E-state index is 0.346. The summed E-state index contributed by atoms with van der Waals surface area (Å²) in [6.07, 6.45) is 0.346. The summed E-state index contributed by atoms with van der Waals surface area (Å²) < 4.78 is 26.6. The zero-order valence-corrected chi connectivity index (χ0v) is 12.0. The maximum Gasteiger partial charge on any atom is 0.230 e. The molecule has 2 saturated heterocycles. The molecule has 2 aliphatic heterocycles. The first-order chi connectivity index (χ1) is 8.35. The Bertz CT molecular complexity index is 466. The van der Waals surface area contributed by atoms with Crippen LogP contribution >= 0.6 is 0 Å². The van der Waals surface area contributed by atoms with E-state index in [0.29, 0.717) is 24.8 Å². The van der Waals surface area contributed by atoms with Crippen LogP contribution in [0, 0.1) is 23.2 Å². The lowest BCUT2D eigenvalue weighted by Gasteiger charge is -2.35. The van der Waals surface area contributed by atoms with Gasteiger partial charge in [-0.05, 0) is 38.6 Å². The van der Waals surface area contributed by atoms with E-state index in [1.807, 2.05) is 19.9 Å². The molecule has 2 heterocycles. The zero-order chi connectivity index (χ0) is 13.6. The van der Waals surface area contributed by atoms with E-state index < -0.39 is 20.8 Å². The highest BCUT2D eigenvalue weighted by molar-refractivity contribution is 7.90. The van der Waals surface area contributed by atoms with E-state index in [9.17, 15) is 8.42 Å². The predicted molar refractivity (Wildman–Crippen MR) is 69.2 cm³/mol. The van der Waals surface area contributed by atoms with E-state index in [1.54, 1.807) is 11.2 Å². The summed E-state index contributed by atoms with van der Waals surface area (Å²) in [5.74, 6) is 0.731. The molecular formula is C12H21N3O2S. The van der Waals surface area contributed by atoms with E-state index in [1.165, 1.54) is 0 Å². The van der Waals surface area contributed by atoms with Gasteiger partial charge in [-0.1, -0.05) is 6.92 Å². The van der Waals surface area contributed by atoms with Crippen LogP contribution in [0.3, 0.4) is 0 Å². The largest absolute Gasteiger partial charge is 0.316 e. The summed E-state index contributed by atoms with van der Waals surface area (Å²) in [5, 5.41) is 11.4. The normalized spacial score (nSPS) is 33.0. The van der Waals surface area contributed by atoms with Crippen molar-refractivity contribution in [3.63, 3.8) is 0 Å². The molecule has 3 atom stereocenters. The zero-order valence-electron chi connectivity index (χ0n) is 11.2. The van der Waals surface area contributed by atoms with E-state index in [4.69, 9.17) is 5.26 Å². The Morgan fingerprint density at radius 1 is 1.50 bits per heavy atom. The summed E-state index contributed by atoms with van der Waals surface area (Å²) in [6.45, 7) is 8.00. The van der Waals surface area contributed by atoms with Crippen LogP contribution < -0.4 is 5.32 Å². The molecule has 0 aromatic carbocycles. The molecule has 0 aromatic heterocycles. The number of nitrogens with one attached hydrogen (secondary N) is 1. The Morgan fingerprint density at radius 3 is 2.67 bits per heavy atom. The fraction of sp³-hybridized carbons (Fsp3) is 0.917. The third kappa shape index (κ3) is 1.85. The molecule has 3 unspecified atom stereocenters. The van der Waals surface area contributed by atoms with Crippen molar-refractivity contribution in [3.8, 4) is 6.07 Å². The molecular weight excluding hydrogens is 250 g/mol. The minimum atomic E-state index is -3.51. The van der Waals surface area contributed by atoms with E-state index in [-0.39, 0.29) is 0 Å². The summed E-state index contributed by atoms with van der Waals surface area (Å²) in [6, 6.07) is 1.93. The molecule has 0 aliphatic carbocycles. The van der Waals surface area contributed by atoms with Crippen molar-refractivity contribution < 1.29 is 8.42 Å². The molecule has 102 valence electrons. The highest BCUT2D eigenvalue weighted by Gasteiger charge is 2.54. The fourth-order valence-electron chi connectivity index (χ4n) is 3.34. The second kappa shape index (κ2) is 4.48. The molecule has 2 fully saturated rings. The van der Waals surface area contributed by atoms with Crippen molar-refractivity contribution in [3.05, 3.63) is 0 Å². The molecule has 0 bridgehead atoms. The van der Waals surface area contributed by atoms with Gasteiger partial charge < -0.3 is 5.32 Å². The quantitative estimate of drug-likeness (QED) is 0.813. The van der Waals surface area contributed by atoms with Gasteiger partial charge in [0.15, 0.2) is 5.25 Å². The van der Waals surface area contributed by atoms with Gasteiger partial charge in [0.1, 0.15) is 0 Å². The summed E-state index contributed by atoms with van der Waals surface area (Å²) >= 11 is 0. The van der Waals surface area contributed by atoms with Crippen LogP contribution in [-0.4, -0.2) is 43.1 Å². The number of fused-ring (bicyclic) bond motifs is 1. The predicted octanol–water partition coefficient (Wildman–Crippen LogP) is 0.548. The molecule has 0 spiro atoms. The van der Waals surface area contributed by atoms with Crippen LogP contribution in [0.5, 0.6) is 0 Å². The van der Waals surface area contributed by atoms with Gasteiger partial charge in [-0.15, -0.1) is 0 Å². The van der Waals surface area contributed by atoms with Crippen LogP contribution in [0.4, 0.5) is 0 Å². The molecule has 2 aliphatic rings. The van der Waals surface area contributed by atoms with Crippen molar-refractivity contribution in [2.45, 2.75) is 38.0 Å². The van der Waals surface area contributed by atoms with Crippen molar-refractivity contribution >= 4 is 10.0 Å². The van der Waals surface area contributed by atoms with Crippen LogP contribution in [0.15, 0.2) is 0 Å². The van der Waals surface area contributed by atoms with Gasteiger partial charge in [0.25, 0.3) is 0 Å². The molecule has 18 heavy (non-hydrogen) atoms. The third-order valence-corrected chi connectivity index (χ3v) is 6.86. The van der Waals surface area contributed by atoms with Crippen LogP contribution in [0.2, 0.25) is 0 Å². The Labute approximate surface area is 109 Å². The van der Waals surface area contributed by atoms with Crippen LogP contribution in [0.25, 0.3) is 0 Å². The Balaban J connectivity index is 2.33. The van der Waals surface area contributed by atoms with Gasteiger partial charge >= 0.3 is 0 Å². The third-order valence-electron chi connectivity index (χ3n) is 4.47. The lowest BCUT2D eigenvalue weighted by molar-refractivity contribution is 0.232. The number of rotatable bonds is 3. The molecule has 1 N–H and O–H groups in total. The number of nitriles is 1. The van der Waals surface area contributed by atoms with Gasteiger partial charge in [0.2, 0.25) is 10.0 Å². The summed E-state index contributed by atoms with van der Waals surface area (Å²) in [7, 11) is -3.51. The van der Waals surface area contributed by atoms with Crippen molar-refractivity contribution in [1.29, 1.82) is 5.26 Å². The second-order valence-corrected chi connectivity index (χ2v) is 7.82. The number of hydrogen-bond donors (Lipinski definition) is 1. The van der Waals surface area contributed by atoms with Crippen LogP contribution in [0.1, 0.15) is 27.2 Å². The molecule has 0 saturated carbocycles. The lowest BCUT2D eigenvalue weighted by Crippen LogP contribution is -2.50. The van der Waals surface area contributed by atoms with Crippen LogP contribution in [-0.2, 0) is 10.0 Å². The van der Waals surface area contributed by atoms with Gasteiger partial charge in [-0.25, -0.2) is 8.42 Å². The molecule has 2 rings (SSSR count). The average molecular weight is 271 g/mol. The van der Waals surface area contributed by atoms with Crippen molar-refractivity contribution in [2.24, 2.45) is 11.8 Å². The lowest BCUT2D eigenvalue weighted by atomic mass is 9.85. The van der Waals surface area contributed by atoms with E-state index in [2.05, 4.69) is 5.32 Å². The average Bonchev–Trinajstić information content (AvgIpc) is 2.82. The van der Waals surface area contributed by atoms with Gasteiger partial charge in [-0.3, -0.25) is 0 Å². The molecule has 6 heteroatoms. The number of sulfonamides is 1. The smallest absolute Gasteiger partial charge is 0.230 e. The van der Waals surface area contributed by atoms with Gasteiger partial charge in [-0.2, -0.15) is 9.57 Å². The minimum Gasteiger partial charge on any atom is -0.316 e. The molecule has 5 nitrogen and oxygen atoms in total. The van der Waals surface area contributed by atoms with Gasteiger partial charge in [0, 0.05) is 18.6 Å². The molecule has 0 amide bonds. The monoisotopic (exact) mass is 271 g/mol. The maximum atomic E-state index is 12.5. The Kier molecular flexibility index (Phi) is 3.43. The van der Waals surface area contributed by atoms with E-state index >= 15 is 0 Å². The Morgan fingerprint density at radius 2 is 2.17 bits per heavy atom. The first-order valence-corrected chi connectivity index (χ1v) is 7.98. The first kappa shape index (κ1) is 13.8. The topological polar surface area (TPSA) is 73.2 Å². The van der Waals surface area contributed by atoms with Crippen molar-refractivity contribution in [1.82, 2.24) is 9.62 Å². The Hall–Kier alpha value is -0.640. The fourth-order valence-corrected chi connectivity index (χ4v) is 5.39. The van der Waals surface area contributed by atoms with Gasteiger partial charge in [0.05, 0.1) is 6.07 Å².